The fourth-order valence-electron chi connectivity index (χ4n) is 2.59. The van der Waals surface area contributed by atoms with Crippen molar-refractivity contribution in [3.05, 3.63) is 63.7 Å². The highest BCUT2D eigenvalue weighted by atomic mass is 127. The highest BCUT2D eigenvalue weighted by Gasteiger charge is 2.17. The normalized spacial score (nSPS) is 11.2. The van der Waals surface area contributed by atoms with Crippen molar-refractivity contribution in [2.24, 2.45) is 0 Å². The summed E-state index contributed by atoms with van der Waals surface area (Å²) in [5, 5.41) is 2.80. The van der Waals surface area contributed by atoms with E-state index in [4.69, 9.17) is 4.74 Å². The molecule has 0 spiro atoms. The van der Waals surface area contributed by atoms with Crippen molar-refractivity contribution in [2.45, 2.75) is 19.4 Å². The number of rotatable bonds is 11. The lowest BCUT2D eigenvalue weighted by molar-refractivity contribution is -0.121. The summed E-state index contributed by atoms with van der Waals surface area (Å²) in [5.41, 5.74) is 1.70. The van der Waals surface area contributed by atoms with Crippen LogP contribution in [0.15, 0.2) is 54.6 Å². The van der Waals surface area contributed by atoms with Crippen LogP contribution in [-0.4, -0.2) is 40.3 Å². The topological polar surface area (TPSA) is 75.7 Å². The molecule has 0 atom stereocenters. The lowest BCUT2D eigenvalue weighted by atomic mass is 10.2. The Hall–Kier alpha value is -1.65. The smallest absolute Gasteiger partial charge is 0.232 e. The number of anilines is 1. The first-order valence-corrected chi connectivity index (χ1v) is 11.9. The second-order valence-corrected chi connectivity index (χ2v) is 9.46. The molecule has 0 aromatic heterocycles. The number of nitrogens with zero attached hydrogens (tertiary/aromatic N) is 1. The van der Waals surface area contributed by atoms with Gasteiger partial charge in [-0.25, -0.2) is 8.42 Å². The van der Waals surface area contributed by atoms with Gasteiger partial charge in [-0.3, -0.25) is 9.10 Å². The minimum Gasteiger partial charge on any atom is -0.375 e. The fraction of sp³-hybridized carbons (Fsp3) is 0.350. The third-order valence-electron chi connectivity index (χ3n) is 3.96. The van der Waals surface area contributed by atoms with Crippen LogP contribution in [0.3, 0.4) is 0 Å². The molecule has 0 fully saturated rings. The summed E-state index contributed by atoms with van der Waals surface area (Å²) in [6, 6.07) is 17.1. The minimum absolute atomic E-state index is 0.112. The Bertz CT molecular complexity index is 842. The largest absolute Gasteiger partial charge is 0.375 e. The summed E-state index contributed by atoms with van der Waals surface area (Å²) in [6.45, 7) is 1.63. The molecular weight excluding hydrogens is 491 g/mol. The van der Waals surface area contributed by atoms with Gasteiger partial charge in [-0.1, -0.05) is 30.3 Å². The highest BCUT2D eigenvalue weighted by molar-refractivity contribution is 14.1. The monoisotopic (exact) mass is 516 g/mol. The molecular formula is C20H25IN2O4S. The molecule has 0 aliphatic heterocycles. The molecule has 2 aromatic rings. The number of ether oxygens (including phenoxy) is 1. The van der Waals surface area contributed by atoms with Crippen molar-refractivity contribution in [3.8, 4) is 0 Å². The zero-order valence-electron chi connectivity index (χ0n) is 15.8. The summed E-state index contributed by atoms with van der Waals surface area (Å²) >= 11 is 2.17. The predicted molar refractivity (Wildman–Crippen MR) is 120 cm³/mol. The molecule has 0 saturated heterocycles. The van der Waals surface area contributed by atoms with Crippen molar-refractivity contribution in [1.29, 1.82) is 0 Å². The van der Waals surface area contributed by atoms with Crippen LogP contribution >= 0.6 is 22.6 Å². The Morgan fingerprint density at radius 1 is 1.11 bits per heavy atom. The molecule has 0 aliphatic carbocycles. The number of carbonyl (C=O) groups is 1. The standard InChI is InChI=1S/C20H25IN2O4S/c1-28(25,26)23(19-11-9-18(21)10-12-19)14-5-8-20(24)22-13-15-27-16-17-6-3-2-4-7-17/h2-4,6-7,9-12H,5,8,13-16H2,1H3,(H,22,24). The Balaban J connectivity index is 1.68. The highest BCUT2D eigenvalue weighted by Crippen LogP contribution is 2.19. The Labute approximate surface area is 180 Å². The SMILES string of the molecule is CS(=O)(=O)N(CCCC(=O)NCCOCc1ccccc1)c1ccc(I)cc1. The molecule has 1 N–H and O–H groups in total. The summed E-state index contributed by atoms with van der Waals surface area (Å²) < 4.78 is 32.0. The molecule has 2 rings (SSSR count). The first-order chi connectivity index (χ1) is 13.4. The predicted octanol–water partition coefficient (Wildman–Crippen LogP) is 3.17. The van der Waals surface area contributed by atoms with E-state index in [0.717, 1.165) is 9.13 Å². The van der Waals surface area contributed by atoms with Crippen LogP contribution in [-0.2, 0) is 26.2 Å². The first kappa shape index (κ1) is 22.6. The second kappa shape index (κ2) is 11.4. The van der Waals surface area contributed by atoms with Crippen LogP contribution < -0.4 is 9.62 Å². The van der Waals surface area contributed by atoms with Crippen molar-refractivity contribution < 1.29 is 17.9 Å². The van der Waals surface area contributed by atoms with E-state index in [1.807, 2.05) is 42.5 Å². The first-order valence-electron chi connectivity index (χ1n) is 8.98. The number of halogens is 1. The molecule has 0 radical (unpaired) electrons. The molecule has 0 unspecified atom stereocenters. The van der Waals surface area contributed by atoms with Gasteiger partial charge in [0.15, 0.2) is 0 Å². The van der Waals surface area contributed by atoms with E-state index in [0.29, 0.717) is 31.9 Å². The van der Waals surface area contributed by atoms with E-state index < -0.39 is 10.0 Å². The quantitative estimate of drug-likeness (QED) is 0.368. The molecule has 28 heavy (non-hydrogen) atoms. The van der Waals surface area contributed by atoms with Crippen LogP contribution in [0.25, 0.3) is 0 Å². The van der Waals surface area contributed by atoms with Crippen molar-refractivity contribution in [2.75, 3.05) is 30.3 Å². The summed E-state index contributed by atoms with van der Waals surface area (Å²) in [4.78, 5) is 12.0. The van der Waals surface area contributed by atoms with Crippen LogP contribution in [0.5, 0.6) is 0 Å². The molecule has 0 heterocycles. The van der Waals surface area contributed by atoms with Gasteiger partial charge in [-0.05, 0) is 58.8 Å². The van der Waals surface area contributed by atoms with E-state index in [-0.39, 0.29) is 18.9 Å². The zero-order valence-corrected chi connectivity index (χ0v) is 18.8. The maximum absolute atomic E-state index is 12.1. The van der Waals surface area contributed by atoms with E-state index in [1.165, 1.54) is 10.6 Å². The maximum Gasteiger partial charge on any atom is 0.232 e. The molecule has 0 saturated carbocycles. The van der Waals surface area contributed by atoms with Crippen LogP contribution in [0.1, 0.15) is 18.4 Å². The number of sulfonamides is 1. The van der Waals surface area contributed by atoms with Gasteiger partial charge in [0, 0.05) is 23.1 Å². The lowest BCUT2D eigenvalue weighted by Crippen LogP contribution is -2.32. The lowest BCUT2D eigenvalue weighted by Gasteiger charge is -2.22. The second-order valence-electron chi connectivity index (χ2n) is 6.30. The van der Waals surface area contributed by atoms with Crippen LogP contribution in [0.4, 0.5) is 5.69 Å². The molecule has 6 nitrogen and oxygen atoms in total. The number of benzene rings is 2. The van der Waals surface area contributed by atoms with Gasteiger partial charge >= 0.3 is 0 Å². The van der Waals surface area contributed by atoms with Gasteiger partial charge in [0.25, 0.3) is 0 Å². The molecule has 2 aromatic carbocycles. The Morgan fingerprint density at radius 3 is 2.43 bits per heavy atom. The molecule has 1 amide bonds. The van der Waals surface area contributed by atoms with E-state index >= 15 is 0 Å². The fourth-order valence-corrected chi connectivity index (χ4v) is 3.92. The van der Waals surface area contributed by atoms with Gasteiger partial charge in [-0.2, -0.15) is 0 Å². The summed E-state index contributed by atoms with van der Waals surface area (Å²) in [6.07, 6.45) is 1.87. The van der Waals surface area contributed by atoms with E-state index in [1.54, 1.807) is 12.1 Å². The molecule has 152 valence electrons. The zero-order chi connectivity index (χ0) is 20.4. The van der Waals surface area contributed by atoms with Gasteiger partial charge in [0.1, 0.15) is 0 Å². The summed E-state index contributed by atoms with van der Waals surface area (Å²) in [7, 11) is -3.40. The van der Waals surface area contributed by atoms with Crippen molar-refractivity contribution in [3.63, 3.8) is 0 Å². The van der Waals surface area contributed by atoms with Gasteiger partial charge in [-0.15, -0.1) is 0 Å². The number of carbonyl (C=O) groups excluding carboxylic acids is 1. The molecule has 0 bridgehead atoms. The number of hydrogen-bond donors (Lipinski definition) is 1. The van der Waals surface area contributed by atoms with Gasteiger partial charge < -0.3 is 10.1 Å². The third-order valence-corrected chi connectivity index (χ3v) is 5.87. The number of hydrogen-bond acceptors (Lipinski definition) is 4. The van der Waals surface area contributed by atoms with Crippen molar-refractivity contribution >= 4 is 44.2 Å². The van der Waals surface area contributed by atoms with Crippen LogP contribution in [0, 0.1) is 3.57 Å². The average Bonchev–Trinajstić information content (AvgIpc) is 2.66. The molecule has 8 heteroatoms. The number of nitrogens with one attached hydrogen (secondary N) is 1. The van der Waals surface area contributed by atoms with E-state index in [2.05, 4.69) is 27.9 Å². The third kappa shape index (κ3) is 8.15. The Kier molecular flexibility index (Phi) is 9.20. The average molecular weight is 516 g/mol. The molecule has 0 aliphatic rings. The minimum atomic E-state index is -3.40. The van der Waals surface area contributed by atoms with Crippen LogP contribution in [0.2, 0.25) is 0 Å². The van der Waals surface area contributed by atoms with Gasteiger partial charge in [0.2, 0.25) is 15.9 Å². The van der Waals surface area contributed by atoms with Crippen molar-refractivity contribution in [1.82, 2.24) is 5.32 Å². The maximum atomic E-state index is 12.1. The number of amides is 1. The summed E-state index contributed by atoms with van der Waals surface area (Å²) in [5.74, 6) is -0.112. The van der Waals surface area contributed by atoms with Gasteiger partial charge in [0.05, 0.1) is 25.2 Å². The Morgan fingerprint density at radius 2 is 1.79 bits per heavy atom. The van der Waals surface area contributed by atoms with E-state index in [9.17, 15) is 13.2 Å².